The zero-order valence-electron chi connectivity index (χ0n) is 10.6. The topological polar surface area (TPSA) is 38.3 Å². The van der Waals surface area contributed by atoms with Gasteiger partial charge in [0.15, 0.2) is 0 Å². The summed E-state index contributed by atoms with van der Waals surface area (Å²) in [5.74, 6) is 0.397. The van der Waals surface area contributed by atoms with Gasteiger partial charge >= 0.3 is 0 Å². The van der Waals surface area contributed by atoms with E-state index in [0.717, 1.165) is 11.8 Å². The van der Waals surface area contributed by atoms with E-state index in [0.29, 0.717) is 12.5 Å². The molecule has 1 saturated heterocycles. The summed E-state index contributed by atoms with van der Waals surface area (Å²) >= 11 is 0. The van der Waals surface area contributed by atoms with Crippen molar-refractivity contribution in [2.24, 2.45) is 11.3 Å². The molecule has 2 rings (SSSR count). The molecular formula is C13H20NO2P. The van der Waals surface area contributed by atoms with Crippen LogP contribution in [0.2, 0.25) is 0 Å². The Hall–Kier alpha value is -0.630. The Balaban J connectivity index is 2.11. The third-order valence-corrected chi connectivity index (χ3v) is 5.41. The average molecular weight is 253 g/mol. The van der Waals surface area contributed by atoms with E-state index >= 15 is 0 Å². The van der Waals surface area contributed by atoms with Crippen LogP contribution in [-0.2, 0) is 9.09 Å². The maximum atomic E-state index is 12.6. The molecule has 1 aliphatic heterocycles. The van der Waals surface area contributed by atoms with Crippen LogP contribution in [0, 0.1) is 11.3 Å². The van der Waals surface area contributed by atoms with Gasteiger partial charge in [0, 0.05) is 12.5 Å². The first-order valence-corrected chi connectivity index (χ1v) is 7.60. The van der Waals surface area contributed by atoms with E-state index in [1.54, 1.807) is 0 Å². The minimum absolute atomic E-state index is 0.176. The monoisotopic (exact) mass is 253 g/mol. The molecule has 0 radical (unpaired) electrons. The molecule has 0 aliphatic carbocycles. The summed E-state index contributed by atoms with van der Waals surface area (Å²) in [7, 11) is -2.82. The third-order valence-electron chi connectivity index (χ3n) is 3.32. The van der Waals surface area contributed by atoms with Crippen LogP contribution < -0.4 is 10.4 Å². The molecule has 1 aromatic rings. The normalized spacial score (nSPS) is 30.2. The highest BCUT2D eigenvalue weighted by Crippen LogP contribution is 2.46. The van der Waals surface area contributed by atoms with Crippen LogP contribution in [0.15, 0.2) is 30.3 Å². The van der Waals surface area contributed by atoms with E-state index in [1.165, 1.54) is 0 Å². The maximum Gasteiger partial charge on any atom is 0.299 e. The molecule has 94 valence electrons. The van der Waals surface area contributed by atoms with Crippen LogP contribution in [0.4, 0.5) is 0 Å². The first kappa shape index (κ1) is 12.8. The Morgan fingerprint density at radius 2 is 1.94 bits per heavy atom. The van der Waals surface area contributed by atoms with Crippen LogP contribution in [0.3, 0.4) is 0 Å². The lowest BCUT2D eigenvalue weighted by Crippen LogP contribution is -2.40. The summed E-state index contributed by atoms with van der Waals surface area (Å²) in [4.78, 5) is 0. The van der Waals surface area contributed by atoms with Gasteiger partial charge in [-0.2, -0.15) is 0 Å². The van der Waals surface area contributed by atoms with Gasteiger partial charge in [0.1, 0.15) is 0 Å². The number of rotatable bonds is 1. The summed E-state index contributed by atoms with van der Waals surface area (Å²) in [6.07, 6.45) is 0. The first-order chi connectivity index (χ1) is 7.92. The molecule has 0 spiro atoms. The highest BCUT2D eigenvalue weighted by molar-refractivity contribution is 7.65. The number of hydrogen-bond acceptors (Lipinski definition) is 2. The van der Waals surface area contributed by atoms with Crippen LogP contribution in [0.1, 0.15) is 20.8 Å². The van der Waals surface area contributed by atoms with Crippen LogP contribution in [0.5, 0.6) is 0 Å². The molecule has 0 unspecified atom stereocenters. The van der Waals surface area contributed by atoms with Crippen molar-refractivity contribution in [3.8, 4) is 0 Å². The van der Waals surface area contributed by atoms with Crippen molar-refractivity contribution in [3.05, 3.63) is 30.3 Å². The molecule has 1 heterocycles. The lowest BCUT2D eigenvalue weighted by atomic mass is 9.81. The first-order valence-electron chi connectivity index (χ1n) is 5.97. The lowest BCUT2D eigenvalue weighted by Gasteiger charge is -2.37. The predicted octanol–water partition coefficient (Wildman–Crippen LogP) is 2.79. The summed E-state index contributed by atoms with van der Waals surface area (Å²) in [6.45, 7) is 7.85. The van der Waals surface area contributed by atoms with Gasteiger partial charge in [0.25, 0.3) is 7.52 Å². The Morgan fingerprint density at radius 3 is 2.41 bits per heavy atom. The largest absolute Gasteiger partial charge is 0.314 e. The number of nitrogens with one attached hydrogen (secondary N) is 1. The summed E-state index contributed by atoms with van der Waals surface area (Å²) < 4.78 is 18.2. The van der Waals surface area contributed by atoms with E-state index in [2.05, 4.69) is 25.9 Å². The Morgan fingerprint density at radius 1 is 1.29 bits per heavy atom. The lowest BCUT2D eigenvalue weighted by molar-refractivity contribution is 0.130. The van der Waals surface area contributed by atoms with Crippen molar-refractivity contribution in [2.45, 2.75) is 20.8 Å². The molecule has 1 N–H and O–H groups in total. The second-order valence-corrected chi connectivity index (χ2v) is 7.80. The summed E-state index contributed by atoms with van der Waals surface area (Å²) in [5, 5.41) is 3.86. The van der Waals surface area contributed by atoms with Crippen LogP contribution >= 0.6 is 7.52 Å². The van der Waals surface area contributed by atoms with Gasteiger partial charge in [-0.3, -0.25) is 4.57 Å². The van der Waals surface area contributed by atoms with Gasteiger partial charge in [-0.25, -0.2) is 5.09 Å². The summed E-state index contributed by atoms with van der Waals surface area (Å²) in [6, 6.07) is 9.39. The average Bonchev–Trinajstić information content (AvgIpc) is 2.29. The fourth-order valence-corrected chi connectivity index (χ4v) is 3.71. The Kier molecular flexibility index (Phi) is 3.44. The fourth-order valence-electron chi connectivity index (χ4n) is 1.88. The quantitative estimate of drug-likeness (QED) is 0.782. The second-order valence-electron chi connectivity index (χ2n) is 5.61. The van der Waals surface area contributed by atoms with E-state index < -0.39 is 7.52 Å². The molecule has 0 aromatic heterocycles. The summed E-state index contributed by atoms with van der Waals surface area (Å²) in [5.41, 5.74) is 0.176. The number of benzene rings is 1. The molecule has 0 bridgehead atoms. The molecule has 0 saturated carbocycles. The van der Waals surface area contributed by atoms with Crippen molar-refractivity contribution in [1.29, 1.82) is 0 Å². The van der Waals surface area contributed by atoms with Gasteiger partial charge in [-0.1, -0.05) is 39.0 Å². The van der Waals surface area contributed by atoms with Crippen LogP contribution in [0.25, 0.3) is 0 Å². The zero-order valence-corrected chi connectivity index (χ0v) is 11.5. The maximum absolute atomic E-state index is 12.6. The molecule has 17 heavy (non-hydrogen) atoms. The van der Waals surface area contributed by atoms with E-state index in [1.807, 2.05) is 30.3 Å². The molecule has 2 atom stereocenters. The smallest absolute Gasteiger partial charge is 0.299 e. The fraction of sp³-hybridized carbons (Fsp3) is 0.538. The van der Waals surface area contributed by atoms with Crippen molar-refractivity contribution < 1.29 is 9.09 Å². The standard InChI is InChI=1S/C13H20NO2P/c1-13(2,3)11-9-14-17(15,16-10-11)12-7-5-4-6-8-12/h4-8,11H,9-10H2,1-3H3,(H,14,15)/t11-,17+/m0/s1. The van der Waals surface area contributed by atoms with Gasteiger partial charge in [-0.05, 0) is 17.5 Å². The number of hydrogen-bond donors (Lipinski definition) is 1. The minimum atomic E-state index is -2.82. The van der Waals surface area contributed by atoms with Crippen molar-refractivity contribution in [3.63, 3.8) is 0 Å². The van der Waals surface area contributed by atoms with Gasteiger partial charge < -0.3 is 4.52 Å². The molecule has 3 nitrogen and oxygen atoms in total. The van der Waals surface area contributed by atoms with E-state index in [-0.39, 0.29) is 5.41 Å². The second kappa shape index (κ2) is 4.56. The SMILES string of the molecule is CC(C)(C)[C@H]1CN[P@@](=O)(c2ccccc2)OC1. The Labute approximate surface area is 103 Å². The molecule has 4 heteroatoms. The molecule has 1 fully saturated rings. The highest BCUT2D eigenvalue weighted by atomic mass is 31.2. The molecule has 1 aliphatic rings. The van der Waals surface area contributed by atoms with Gasteiger partial charge in [0.2, 0.25) is 0 Å². The van der Waals surface area contributed by atoms with Gasteiger partial charge in [0.05, 0.1) is 11.9 Å². The Bertz CT molecular complexity index is 413. The van der Waals surface area contributed by atoms with Crippen molar-refractivity contribution >= 4 is 12.8 Å². The van der Waals surface area contributed by atoms with Gasteiger partial charge in [-0.15, -0.1) is 0 Å². The van der Waals surface area contributed by atoms with E-state index in [9.17, 15) is 4.57 Å². The predicted molar refractivity (Wildman–Crippen MR) is 70.6 cm³/mol. The third kappa shape index (κ3) is 2.79. The molecule has 1 aromatic carbocycles. The van der Waals surface area contributed by atoms with Crippen molar-refractivity contribution in [2.75, 3.05) is 13.2 Å². The minimum Gasteiger partial charge on any atom is -0.314 e. The molecular weight excluding hydrogens is 233 g/mol. The molecule has 0 amide bonds. The zero-order chi connectivity index (χ0) is 12.5. The highest BCUT2D eigenvalue weighted by Gasteiger charge is 2.36. The van der Waals surface area contributed by atoms with Crippen LogP contribution in [-0.4, -0.2) is 13.2 Å². The van der Waals surface area contributed by atoms with E-state index in [4.69, 9.17) is 4.52 Å². The van der Waals surface area contributed by atoms with Crippen molar-refractivity contribution in [1.82, 2.24) is 5.09 Å².